The summed E-state index contributed by atoms with van der Waals surface area (Å²) in [5.41, 5.74) is 3.59. The molecule has 1 aliphatic rings. The Kier molecular flexibility index (Phi) is 17.6. The predicted octanol–water partition coefficient (Wildman–Crippen LogP) is 3.26. The van der Waals surface area contributed by atoms with Gasteiger partial charge >= 0.3 is 12.1 Å². The van der Waals surface area contributed by atoms with Crippen molar-refractivity contribution >= 4 is 33.5 Å². The number of sulfonamides is 1. The summed E-state index contributed by atoms with van der Waals surface area (Å²) in [4.78, 5) is 24.4. The summed E-state index contributed by atoms with van der Waals surface area (Å²) in [7, 11) is -1.84. The molecule has 0 heterocycles. The Morgan fingerprint density at radius 2 is 1.17 bits per heavy atom. The fourth-order valence-electron chi connectivity index (χ4n) is 5.11. The lowest BCUT2D eigenvalue weighted by molar-refractivity contribution is 0.0510. The quantitative estimate of drug-likeness (QED) is 0.0745. The van der Waals surface area contributed by atoms with Gasteiger partial charge in [-0.3, -0.25) is 0 Å². The van der Waals surface area contributed by atoms with Crippen molar-refractivity contribution in [1.29, 1.82) is 0 Å². The third-order valence-electron chi connectivity index (χ3n) is 7.73. The lowest BCUT2D eigenvalue weighted by Crippen LogP contribution is -2.32. The molecule has 1 aliphatic carbocycles. The van der Waals surface area contributed by atoms with Crippen molar-refractivity contribution in [3.63, 3.8) is 0 Å². The molecular formula is C36H50N6O9S. The van der Waals surface area contributed by atoms with E-state index in [1.807, 2.05) is 19.2 Å². The lowest BCUT2D eigenvalue weighted by Gasteiger charge is -2.15. The number of amides is 4. The first-order chi connectivity index (χ1) is 25.3. The molecule has 15 nitrogen and oxygen atoms in total. The van der Waals surface area contributed by atoms with Crippen LogP contribution in [0.2, 0.25) is 0 Å². The zero-order chi connectivity index (χ0) is 36.9. The Morgan fingerprint density at radius 1 is 0.654 bits per heavy atom. The molecule has 0 aliphatic heterocycles. The first-order valence-electron chi connectivity index (χ1n) is 17.3. The van der Waals surface area contributed by atoms with Crippen molar-refractivity contribution in [2.75, 3.05) is 96.7 Å². The first-order valence-corrected chi connectivity index (χ1v) is 18.8. The summed E-state index contributed by atoms with van der Waals surface area (Å²) in [5, 5.41) is 13.8. The van der Waals surface area contributed by atoms with Crippen LogP contribution in [-0.4, -0.2) is 107 Å². The third-order valence-corrected chi connectivity index (χ3v) is 9.21. The number of anilines is 2. The minimum absolute atomic E-state index is 0.0301. The number of urea groups is 2. The standard InChI is InChI=1S/C36H50N6O9S/c1-37-16-20-47-24-25-48-21-17-38-35(43)41-29-7-9-30(10-8-29)42-36(44)39-18-22-49-26-27-50-23-19-40-52(45,46)32-13-11-31(12-14-32)51-34-15-6-28-4-2-3-5-33(28)34/h2-5,7-14,34,37,40H,6,15-27H2,1H3,(H2,38,41,43)(H2,39,42,44)/t34-/m1/s1. The Hall–Kier alpha value is -4.29. The SMILES string of the molecule is CNCCOCCOCCNC(=O)Nc1ccc(NC(=O)NCCOCCOCCNS(=O)(=O)c2ccc(O[C@@H]3CCc4ccccc43)cc2)cc1. The van der Waals surface area contributed by atoms with Gasteiger partial charge in [0.1, 0.15) is 11.9 Å². The van der Waals surface area contributed by atoms with Crippen LogP contribution >= 0.6 is 0 Å². The van der Waals surface area contributed by atoms with Crippen LogP contribution in [0.3, 0.4) is 0 Å². The second-order valence-corrected chi connectivity index (χ2v) is 13.4. The normalized spacial score (nSPS) is 13.7. The number of aryl methyl sites for hydroxylation is 1. The Morgan fingerprint density at radius 3 is 1.73 bits per heavy atom. The maximum atomic E-state index is 12.7. The first kappa shape index (κ1) is 40.5. The van der Waals surface area contributed by atoms with E-state index in [1.165, 1.54) is 23.3 Å². The van der Waals surface area contributed by atoms with E-state index in [-0.39, 0.29) is 56.5 Å². The molecule has 0 fully saturated rings. The largest absolute Gasteiger partial charge is 0.486 e. The molecule has 0 radical (unpaired) electrons. The minimum Gasteiger partial charge on any atom is -0.486 e. The van der Waals surface area contributed by atoms with Crippen LogP contribution in [0.1, 0.15) is 23.7 Å². The highest BCUT2D eigenvalue weighted by Crippen LogP contribution is 2.35. The Bertz CT molecular complexity index is 1610. The third kappa shape index (κ3) is 14.7. The van der Waals surface area contributed by atoms with Crippen LogP contribution in [-0.2, 0) is 35.4 Å². The smallest absolute Gasteiger partial charge is 0.319 e. The minimum atomic E-state index is -3.69. The van der Waals surface area contributed by atoms with Gasteiger partial charge in [-0.25, -0.2) is 22.7 Å². The number of carbonyl (C=O) groups excluding carboxylic acids is 2. The van der Waals surface area contributed by atoms with Crippen molar-refractivity contribution in [3.05, 3.63) is 83.9 Å². The maximum absolute atomic E-state index is 12.7. The lowest BCUT2D eigenvalue weighted by atomic mass is 10.1. The number of rotatable bonds is 24. The number of carbonyl (C=O) groups is 2. The summed E-state index contributed by atoms with van der Waals surface area (Å²) in [6, 6.07) is 20.5. The second kappa shape index (κ2) is 22.6. The van der Waals surface area contributed by atoms with Gasteiger partial charge in [-0.1, -0.05) is 24.3 Å². The van der Waals surface area contributed by atoms with Gasteiger partial charge < -0.3 is 50.3 Å². The monoisotopic (exact) mass is 742 g/mol. The Labute approximate surface area is 305 Å². The highest BCUT2D eigenvalue weighted by atomic mass is 32.2. The van der Waals surface area contributed by atoms with E-state index in [4.69, 9.17) is 23.7 Å². The van der Waals surface area contributed by atoms with Crippen LogP contribution in [0, 0.1) is 0 Å². The fourth-order valence-corrected chi connectivity index (χ4v) is 6.13. The maximum Gasteiger partial charge on any atom is 0.319 e. The van der Waals surface area contributed by atoms with E-state index in [1.54, 1.807) is 36.4 Å². The molecule has 3 aromatic carbocycles. The number of ether oxygens (including phenoxy) is 5. The molecule has 4 amide bonds. The molecule has 0 saturated carbocycles. The highest BCUT2D eigenvalue weighted by molar-refractivity contribution is 7.89. The summed E-state index contributed by atoms with van der Waals surface area (Å²) in [6.07, 6.45) is 1.83. The molecule has 0 spiro atoms. The highest BCUT2D eigenvalue weighted by Gasteiger charge is 2.23. The molecule has 0 unspecified atom stereocenters. The summed E-state index contributed by atoms with van der Waals surface area (Å²) >= 11 is 0. The number of hydrogen-bond acceptors (Lipinski definition) is 10. The molecule has 6 N–H and O–H groups in total. The molecule has 0 saturated heterocycles. The van der Waals surface area contributed by atoms with Crippen LogP contribution in [0.4, 0.5) is 21.0 Å². The molecule has 284 valence electrons. The number of hydrogen-bond donors (Lipinski definition) is 6. The van der Waals surface area contributed by atoms with Crippen LogP contribution in [0.5, 0.6) is 5.75 Å². The van der Waals surface area contributed by atoms with E-state index in [0.29, 0.717) is 50.1 Å². The van der Waals surface area contributed by atoms with E-state index in [9.17, 15) is 18.0 Å². The van der Waals surface area contributed by atoms with Crippen LogP contribution in [0.15, 0.2) is 77.7 Å². The van der Waals surface area contributed by atoms with E-state index >= 15 is 0 Å². The predicted molar refractivity (Wildman–Crippen MR) is 197 cm³/mol. The number of likely N-dealkylation sites (N-methyl/N-ethyl adjacent to an activating group) is 1. The molecule has 1 atom stereocenters. The average Bonchev–Trinajstić information content (AvgIpc) is 3.55. The van der Waals surface area contributed by atoms with Gasteiger partial charge in [0.05, 0.1) is 57.8 Å². The average molecular weight is 743 g/mol. The van der Waals surface area contributed by atoms with Crippen LogP contribution < -0.4 is 36.0 Å². The second-order valence-electron chi connectivity index (χ2n) is 11.6. The van der Waals surface area contributed by atoms with Crippen molar-refractivity contribution in [1.82, 2.24) is 20.7 Å². The van der Waals surface area contributed by atoms with E-state index in [0.717, 1.165) is 19.4 Å². The van der Waals surface area contributed by atoms with Gasteiger partial charge in [-0.05, 0) is 79.5 Å². The number of fused-ring (bicyclic) bond motifs is 1. The Balaban J connectivity index is 0.973. The number of benzene rings is 3. The zero-order valence-corrected chi connectivity index (χ0v) is 30.3. The van der Waals surface area contributed by atoms with Gasteiger partial charge in [-0.15, -0.1) is 0 Å². The van der Waals surface area contributed by atoms with E-state index in [2.05, 4.69) is 43.4 Å². The summed E-state index contributed by atoms with van der Waals surface area (Å²) < 4.78 is 55.7. The fraction of sp³-hybridized carbons (Fsp3) is 0.444. The summed E-state index contributed by atoms with van der Waals surface area (Å²) in [5.74, 6) is 0.624. The summed E-state index contributed by atoms with van der Waals surface area (Å²) in [6.45, 7) is 4.46. The number of nitrogens with one attached hydrogen (secondary N) is 6. The topological polar surface area (TPSA) is 187 Å². The van der Waals surface area contributed by atoms with Gasteiger partial charge in [-0.2, -0.15) is 0 Å². The molecule has 4 rings (SSSR count). The van der Waals surface area contributed by atoms with Gasteiger partial charge in [0.2, 0.25) is 10.0 Å². The van der Waals surface area contributed by atoms with E-state index < -0.39 is 16.1 Å². The molecule has 16 heteroatoms. The van der Waals surface area contributed by atoms with Gasteiger partial charge in [0, 0.05) is 37.6 Å². The molecule has 3 aromatic rings. The van der Waals surface area contributed by atoms with Gasteiger partial charge in [0.15, 0.2) is 0 Å². The zero-order valence-electron chi connectivity index (χ0n) is 29.5. The van der Waals surface area contributed by atoms with Crippen molar-refractivity contribution in [3.8, 4) is 5.75 Å². The molecule has 0 bridgehead atoms. The van der Waals surface area contributed by atoms with Crippen LogP contribution in [0.25, 0.3) is 0 Å². The van der Waals surface area contributed by atoms with Crippen molar-refractivity contribution < 1.29 is 41.7 Å². The molecule has 52 heavy (non-hydrogen) atoms. The molecular weight excluding hydrogens is 692 g/mol. The van der Waals surface area contributed by atoms with Crippen molar-refractivity contribution in [2.45, 2.75) is 23.8 Å². The van der Waals surface area contributed by atoms with Crippen molar-refractivity contribution in [2.24, 2.45) is 0 Å². The van der Waals surface area contributed by atoms with Gasteiger partial charge in [0.25, 0.3) is 0 Å². The molecule has 0 aromatic heterocycles.